The second-order valence-corrected chi connectivity index (χ2v) is 6.40. The normalized spacial score (nSPS) is 14.2. The third-order valence-electron chi connectivity index (χ3n) is 3.98. The Morgan fingerprint density at radius 2 is 1.74 bits per heavy atom. The first-order valence-corrected chi connectivity index (χ1v) is 8.10. The lowest BCUT2D eigenvalue weighted by Crippen LogP contribution is -2.04. The summed E-state index contributed by atoms with van der Waals surface area (Å²) < 4.78 is 5.44. The molecule has 0 saturated heterocycles. The molecular weight excluding hydrogens is 251 g/mol. The van der Waals surface area contributed by atoms with Crippen LogP contribution in [0.5, 0.6) is 5.75 Å². The summed E-state index contributed by atoms with van der Waals surface area (Å²) in [5.74, 6) is 1.87. The van der Waals surface area contributed by atoms with Crippen LogP contribution < -0.4 is 4.74 Å². The fourth-order valence-corrected chi connectivity index (χ4v) is 3.49. The molecule has 0 aromatic heterocycles. The number of benzene rings is 1. The Morgan fingerprint density at radius 3 is 2.16 bits per heavy atom. The summed E-state index contributed by atoms with van der Waals surface area (Å²) in [5.41, 5.74) is 4.47. The molecule has 108 valence electrons. The Hall–Kier alpha value is -0.550. The highest BCUT2D eigenvalue weighted by Crippen LogP contribution is 2.36. The Kier molecular flexibility index (Phi) is 6.86. The van der Waals surface area contributed by atoms with Crippen LogP contribution in [0, 0.1) is 19.8 Å². The van der Waals surface area contributed by atoms with Crippen molar-refractivity contribution in [2.75, 3.05) is 7.11 Å². The van der Waals surface area contributed by atoms with Gasteiger partial charge in [0, 0.05) is 0 Å². The van der Waals surface area contributed by atoms with Gasteiger partial charge in [-0.25, -0.2) is 0 Å². The van der Waals surface area contributed by atoms with Crippen molar-refractivity contribution in [3.8, 4) is 5.75 Å². The molecule has 0 spiro atoms. The minimum absolute atomic E-state index is 0.555. The number of methoxy groups -OCH3 is 1. The predicted octanol–water partition coefficient (Wildman–Crippen LogP) is 5.44. The van der Waals surface area contributed by atoms with Crippen LogP contribution in [0.15, 0.2) is 12.1 Å². The van der Waals surface area contributed by atoms with Gasteiger partial charge in [-0.15, -0.1) is 9.24 Å². The molecule has 0 aliphatic heterocycles. The Morgan fingerprint density at radius 1 is 1.16 bits per heavy atom. The third kappa shape index (κ3) is 4.49. The molecule has 0 bridgehead atoms. The molecule has 1 nitrogen and oxygen atoms in total. The van der Waals surface area contributed by atoms with Gasteiger partial charge >= 0.3 is 0 Å². The predicted molar refractivity (Wildman–Crippen MR) is 88.2 cm³/mol. The van der Waals surface area contributed by atoms with E-state index in [9.17, 15) is 0 Å². The molecule has 2 heteroatoms. The van der Waals surface area contributed by atoms with E-state index >= 15 is 0 Å². The van der Waals surface area contributed by atoms with Gasteiger partial charge in [-0.1, -0.05) is 45.2 Å². The van der Waals surface area contributed by atoms with E-state index in [1.54, 1.807) is 7.11 Å². The van der Waals surface area contributed by atoms with Gasteiger partial charge in [0.05, 0.1) is 7.11 Å². The topological polar surface area (TPSA) is 9.23 Å². The largest absolute Gasteiger partial charge is 0.496 e. The molecule has 1 rings (SSSR count). The van der Waals surface area contributed by atoms with Gasteiger partial charge in [-0.2, -0.15) is 0 Å². The minimum Gasteiger partial charge on any atom is -0.496 e. The Labute approximate surface area is 121 Å². The summed E-state index contributed by atoms with van der Waals surface area (Å²) in [7, 11) is 4.78. The van der Waals surface area contributed by atoms with E-state index in [4.69, 9.17) is 4.74 Å². The van der Waals surface area contributed by atoms with Crippen LogP contribution in [0.25, 0.3) is 0 Å². The molecule has 0 saturated carbocycles. The second kappa shape index (κ2) is 7.90. The zero-order valence-corrected chi connectivity index (χ0v) is 14.3. The minimum atomic E-state index is 0.555. The molecule has 3 unspecified atom stereocenters. The summed E-state index contributed by atoms with van der Waals surface area (Å²) in [6.07, 6.45) is 5.18. The van der Waals surface area contributed by atoms with Crippen LogP contribution in [0.4, 0.5) is 0 Å². The molecule has 0 heterocycles. The molecule has 1 aromatic rings. The first-order valence-electron chi connectivity index (χ1n) is 7.44. The average molecular weight is 280 g/mol. The molecule has 0 fully saturated rings. The van der Waals surface area contributed by atoms with E-state index in [0.29, 0.717) is 5.66 Å². The maximum absolute atomic E-state index is 5.44. The van der Waals surface area contributed by atoms with E-state index < -0.39 is 0 Å². The first kappa shape index (κ1) is 16.5. The third-order valence-corrected chi connectivity index (χ3v) is 4.63. The summed E-state index contributed by atoms with van der Waals surface area (Å²) >= 11 is 0. The SMILES string of the molecule is CCCC(CC)CC(P)c1cc(C)c(OC)c(C)c1. The molecule has 0 N–H and O–H groups in total. The van der Waals surface area contributed by atoms with E-state index in [1.165, 1.54) is 42.4 Å². The fourth-order valence-electron chi connectivity index (χ4n) is 2.91. The number of hydrogen-bond donors (Lipinski definition) is 0. The van der Waals surface area contributed by atoms with E-state index in [2.05, 4.69) is 49.1 Å². The molecule has 19 heavy (non-hydrogen) atoms. The highest BCUT2D eigenvalue weighted by Gasteiger charge is 2.15. The molecule has 0 aliphatic rings. The fraction of sp³-hybridized carbons (Fsp3) is 0.647. The van der Waals surface area contributed by atoms with Gasteiger partial charge in [0.15, 0.2) is 0 Å². The van der Waals surface area contributed by atoms with Crippen LogP contribution in [0.1, 0.15) is 61.9 Å². The highest BCUT2D eigenvalue weighted by atomic mass is 31.0. The molecule has 0 amide bonds. The van der Waals surface area contributed by atoms with Crippen LogP contribution in [0.2, 0.25) is 0 Å². The van der Waals surface area contributed by atoms with Crippen LogP contribution in [0.3, 0.4) is 0 Å². The van der Waals surface area contributed by atoms with Gasteiger partial charge in [-0.3, -0.25) is 0 Å². The van der Waals surface area contributed by atoms with Gasteiger partial charge < -0.3 is 4.74 Å². The lowest BCUT2D eigenvalue weighted by Gasteiger charge is -2.21. The second-order valence-electron chi connectivity index (χ2n) is 5.59. The van der Waals surface area contributed by atoms with Crippen LogP contribution in [-0.2, 0) is 0 Å². The van der Waals surface area contributed by atoms with Crippen molar-refractivity contribution in [3.63, 3.8) is 0 Å². The Balaban J connectivity index is 2.85. The molecule has 0 aliphatic carbocycles. The standard InChI is InChI=1S/C17H29OP/c1-6-8-14(7-2)11-16(19)15-9-12(3)17(18-5)13(4)10-15/h9-10,14,16H,6-8,11,19H2,1-5H3. The quantitative estimate of drug-likeness (QED) is 0.604. The summed E-state index contributed by atoms with van der Waals surface area (Å²) in [5, 5.41) is 0. The maximum atomic E-state index is 5.44. The van der Waals surface area contributed by atoms with E-state index in [1.807, 2.05) is 0 Å². The van der Waals surface area contributed by atoms with Crippen molar-refractivity contribution in [1.82, 2.24) is 0 Å². The number of ether oxygens (including phenoxy) is 1. The van der Waals surface area contributed by atoms with Crippen molar-refractivity contribution >= 4 is 9.24 Å². The van der Waals surface area contributed by atoms with Gasteiger partial charge in [0.2, 0.25) is 0 Å². The lowest BCUT2D eigenvalue weighted by molar-refractivity contribution is 0.407. The zero-order chi connectivity index (χ0) is 14.4. The lowest BCUT2D eigenvalue weighted by atomic mass is 9.91. The number of rotatable bonds is 7. The van der Waals surface area contributed by atoms with Crippen molar-refractivity contribution in [3.05, 3.63) is 28.8 Å². The van der Waals surface area contributed by atoms with Crippen LogP contribution >= 0.6 is 9.24 Å². The summed E-state index contributed by atoms with van der Waals surface area (Å²) in [6.45, 7) is 8.86. The van der Waals surface area contributed by atoms with Crippen LogP contribution in [-0.4, -0.2) is 7.11 Å². The number of hydrogen-bond acceptors (Lipinski definition) is 1. The van der Waals surface area contributed by atoms with E-state index in [-0.39, 0.29) is 0 Å². The summed E-state index contributed by atoms with van der Waals surface area (Å²) in [6, 6.07) is 4.56. The summed E-state index contributed by atoms with van der Waals surface area (Å²) in [4.78, 5) is 0. The van der Waals surface area contributed by atoms with Gasteiger partial charge in [0.1, 0.15) is 5.75 Å². The first-order chi connectivity index (χ1) is 9.03. The molecule has 3 atom stereocenters. The maximum Gasteiger partial charge on any atom is 0.124 e. The molecular formula is C17H29OP. The van der Waals surface area contributed by atoms with Crippen molar-refractivity contribution in [2.45, 2.75) is 59.0 Å². The van der Waals surface area contributed by atoms with Gasteiger partial charge in [-0.05, 0) is 48.5 Å². The highest BCUT2D eigenvalue weighted by molar-refractivity contribution is 7.17. The zero-order valence-electron chi connectivity index (χ0n) is 13.1. The van der Waals surface area contributed by atoms with Crippen molar-refractivity contribution in [1.29, 1.82) is 0 Å². The average Bonchev–Trinajstić information content (AvgIpc) is 2.37. The van der Waals surface area contributed by atoms with Crippen molar-refractivity contribution < 1.29 is 4.74 Å². The monoisotopic (exact) mass is 280 g/mol. The van der Waals surface area contributed by atoms with Crippen molar-refractivity contribution in [2.24, 2.45) is 5.92 Å². The smallest absolute Gasteiger partial charge is 0.124 e. The number of aryl methyl sites for hydroxylation is 2. The van der Waals surface area contributed by atoms with Gasteiger partial charge in [0.25, 0.3) is 0 Å². The molecule has 1 aromatic carbocycles. The van der Waals surface area contributed by atoms with E-state index in [0.717, 1.165) is 11.7 Å². The Bertz CT molecular complexity index is 377. The molecule has 0 radical (unpaired) electrons.